The van der Waals surface area contributed by atoms with Crippen LogP contribution in [0, 0.1) is 0 Å². The fourth-order valence-corrected chi connectivity index (χ4v) is 1.39. The number of hydrogen-bond donors (Lipinski definition) is 4. The molecule has 6 nitrogen and oxygen atoms in total. The topological polar surface area (TPSA) is 98.7 Å². The molecule has 1 fully saturated rings. The lowest BCUT2D eigenvalue weighted by Gasteiger charge is -2.36. The number of rotatable bonds is 3. The van der Waals surface area contributed by atoms with Crippen LogP contribution in [0.25, 0.3) is 0 Å². The Bertz CT molecular complexity index is 266. The van der Waals surface area contributed by atoms with Gasteiger partial charge in [-0.15, -0.1) is 0 Å². The van der Waals surface area contributed by atoms with Gasteiger partial charge in [-0.25, -0.2) is 4.79 Å². The van der Waals surface area contributed by atoms with Crippen molar-refractivity contribution in [1.82, 2.24) is 10.6 Å². The number of aliphatic hydroxyl groups is 1. The van der Waals surface area contributed by atoms with Crippen molar-refractivity contribution >= 4 is 12.0 Å². The van der Waals surface area contributed by atoms with E-state index in [2.05, 4.69) is 10.6 Å². The molecule has 0 atom stereocenters. The second-order valence-electron chi connectivity index (χ2n) is 4.35. The average molecular weight is 216 g/mol. The van der Waals surface area contributed by atoms with Crippen LogP contribution in [0.5, 0.6) is 0 Å². The van der Waals surface area contributed by atoms with Crippen LogP contribution in [0.4, 0.5) is 4.79 Å². The number of carbonyl (C=O) groups is 2. The van der Waals surface area contributed by atoms with Crippen LogP contribution < -0.4 is 10.6 Å². The van der Waals surface area contributed by atoms with Crippen LogP contribution in [-0.4, -0.2) is 39.9 Å². The molecule has 0 spiro atoms. The first-order valence-electron chi connectivity index (χ1n) is 4.82. The van der Waals surface area contributed by atoms with Crippen LogP contribution >= 0.6 is 0 Å². The van der Waals surface area contributed by atoms with Gasteiger partial charge in [0.25, 0.3) is 5.91 Å². The Morgan fingerprint density at radius 1 is 1.20 bits per heavy atom. The van der Waals surface area contributed by atoms with E-state index in [-0.39, 0.29) is 12.1 Å². The molecule has 0 aromatic heterocycles. The van der Waals surface area contributed by atoms with Gasteiger partial charge < -0.3 is 20.8 Å². The van der Waals surface area contributed by atoms with Gasteiger partial charge in [-0.05, 0) is 26.7 Å². The molecule has 86 valence electrons. The molecule has 2 amide bonds. The van der Waals surface area contributed by atoms with Crippen LogP contribution in [-0.2, 0) is 4.79 Å². The lowest BCUT2D eigenvalue weighted by atomic mass is 9.86. The van der Waals surface area contributed by atoms with Gasteiger partial charge in [0, 0.05) is 12.1 Å². The van der Waals surface area contributed by atoms with Crippen molar-refractivity contribution in [2.24, 2.45) is 0 Å². The smallest absolute Gasteiger partial charge is 0.404 e. The number of carboxylic acid groups (broad SMARTS) is 1. The largest absolute Gasteiger partial charge is 0.465 e. The third-order valence-electron chi connectivity index (χ3n) is 2.36. The fraction of sp³-hybridized carbons (Fsp3) is 0.778. The average Bonchev–Trinajstić information content (AvgIpc) is 1.97. The zero-order chi connectivity index (χ0) is 11.6. The summed E-state index contributed by atoms with van der Waals surface area (Å²) in [5.41, 5.74) is -1.38. The van der Waals surface area contributed by atoms with Crippen molar-refractivity contribution < 1.29 is 19.8 Å². The molecule has 0 radical (unpaired) electrons. The van der Waals surface area contributed by atoms with Crippen molar-refractivity contribution in [2.45, 2.75) is 44.4 Å². The number of amides is 2. The molecule has 1 aliphatic carbocycles. The van der Waals surface area contributed by atoms with Crippen molar-refractivity contribution in [1.29, 1.82) is 0 Å². The summed E-state index contributed by atoms with van der Waals surface area (Å²) in [6.45, 7) is 2.82. The Morgan fingerprint density at radius 2 is 1.67 bits per heavy atom. The summed E-state index contributed by atoms with van der Waals surface area (Å²) in [5.74, 6) is -0.429. The summed E-state index contributed by atoms with van der Waals surface area (Å²) in [4.78, 5) is 21.6. The van der Waals surface area contributed by atoms with Gasteiger partial charge >= 0.3 is 6.09 Å². The lowest BCUT2D eigenvalue weighted by molar-refractivity contribution is -0.137. The standard InChI is InChI=1S/C9H16N2O4/c1-9(2,15)7(12)10-5-3-6(4-5)11-8(13)14/h5-6,11,15H,3-4H2,1-2H3,(H,10,12)(H,13,14). The number of carbonyl (C=O) groups excluding carboxylic acids is 1. The van der Waals surface area contributed by atoms with E-state index in [9.17, 15) is 14.7 Å². The minimum Gasteiger partial charge on any atom is -0.465 e. The highest BCUT2D eigenvalue weighted by Crippen LogP contribution is 2.20. The zero-order valence-corrected chi connectivity index (χ0v) is 8.78. The minimum absolute atomic E-state index is 0.0409. The predicted octanol–water partition coefficient (Wildman–Crippen LogP) is -0.328. The minimum atomic E-state index is -1.38. The molecule has 6 heteroatoms. The van der Waals surface area contributed by atoms with E-state index in [0.717, 1.165) is 0 Å². The van der Waals surface area contributed by atoms with E-state index < -0.39 is 17.6 Å². The van der Waals surface area contributed by atoms with Gasteiger partial charge in [0.1, 0.15) is 5.60 Å². The molecule has 0 bridgehead atoms. The van der Waals surface area contributed by atoms with Gasteiger partial charge in [0.15, 0.2) is 0 Å². The third-order valence-corrected chi connectivity index (χ3v) is 2.36. The van der Waals surface area contributed by atoms with E-state index in [4.69, 9.17) is 5.11 Å². The fourth-order valence-electron chi connectivity index (χ4n) is 1.39. The van der Waals surface area contributed by atoms with Gasteiger partial charge in [-0.1, -0.05) is 0 Å². The normalized spacial score (nSPS) is 25.3. The van der Waals surface area contributed by atoms with Crippen molar-refractivity contribution in [3.8, 4) is 0 Å². The second kappa shape index (κ2) is 4.06. The highest BCUT2D eigenvalue weighted by molar-refractivity contribution is 5.84. The first kappa shape index (κ1) is 11.8. The number of hydrogen-bond acceptors (Lipinski definition) is 3. The Kier molecular flexibility index (Phi) is 3.18. The quantitative estimate of drug-likeness (QED) is 0.519. The van der Waals surface area contributed by atoms with Gasteiger partial charge in [-0.3, -0.25) is 4.79 Å². The van der Waals surface area contributed by atoms with Gasteiger partial charge in [0.2, 0.25) is 0 Å². The van der Waals surface area contributed by atoms with Gasteiger partial charge in [0.05, 0.1) is 0 Å². The molecule has 0 heterocycles. The summed E-state index contributed by atoms with van der Waals surface area (Å²) in [5, 5.41) is 22.7. The molecule has 0 saturated heterocycles. The summed E-state index contributed by atoms with van der Waals surface area (Å²) < 4.78 is 0. The first-order valence-corrected chi connectivity index (χ1v) is 4.82. The van der Waals surface area contributed by atoms with Crippen molar-refractivity contribution in [3.63, 3.8) is 0 Å². The summed E-state index contributed by atoms with van der Waals surface area (Å²) in [6, 6.07) is -0.129. The third kappa shape index (κ3) is 3.39. The zero-order valence-electron chi connectivity index (χ0n) is 8.78. The highest BCUT2D eigenvalue weighted by atomic mass is 16.4. The van der Waals surface area contributed by atoms with E-state index in [0.29, 0.717) is 12.8 Å². The molecule has 0 aromatic carbocycles. The van der Waals surface area contributed by atoms with Crippen molar-refractivity contribution in [2.75, 3.05) is 0 Å². The van der Waals surface area contributed by atoms with E-state index in [1.165, 1.54) is 13.8 Å². The molecule has 1 saturated carbocycles. The number of nitrogens with one attached hydrogen (secondary N) is 2. The Morgan fingerprint density at radius 3 is 2.07 bits per heavy atom. The Hall–Kier alpha value is -1.30. The molecule has 15 heavy (non-hydrogen) atoms. The Balaban J connectivity index is 2.23. The maximum absolute atomic E-state index is 11.3. The van der Waals surface area contributed by atoms with E-state index in [1.54, 1.807) is 0 Å². The SMILES string of the molecule is CC(C)(O)C(=O)NC1CC(NC(=O)O)C1. The van der Waals surface area contributed by atoms with E-state index in [1.807, 2.05) is 0 Å². The summed E-state index contributed by atoms with van der Waals surface area (Å²) in [7, 11) is 0. The molecule has 0 aliphatic heterocycles. The molecule has 0 unspecified atom stereocenters. The summed E-state index contributed by atoms with van der Waals surface area (Å²) >= 11 is 0. The predicted molar refractivity (Wildman–Crippen MR) is 52.4 cm³/mol. The van der Waals surface area contributed by atoms with E-state index >= 15 is 0 Å². The monoisotopic (exact) mass is 216 g/mol. The van der Waals surface area contributed by atoms with Crippen LogP contribution in [0.3, 0.4) is 0 Å². The molecule has 0 aromatic rings. The molecule has 4 N–H and O–H groups in total. The highest BCUT2D eigenvalue weighted by Gasteiger charge is 2.34. The maximum Gasteiger partial charge on any atom is 0.404 e. The van der Waals surface area contributed by atoms with Crippen molar-refractivity contribution in [3.05, 3.63) is 0 Å². The summed E-state index contributed by atoms with van der Waals surface area (Å²) in [6.07, 6.45) is 0.106. The second-order valence-corrected chi connectivity index (χ2v) is 4.35. The Labute approximate surface area is 87.7 Å². The van der Waals surface area contributed by atoms with Crippen LogP contribution in [0.2, 0.25) is 0 Å². The molecular formula is C9H16N2O4. The lowest BCUT2D eigenvalue weighted by Crippen LogP contribution is -2.56. The van der Waals surface area contributed by atoms with Gasteiger partial charge in [-0.2, -0.15) is 0 Å². The van der Waals surface area contributed by atoms with Crippen LogP contribution in [0.15, 0.2) is 0 Å². The molecule has 1 rings (SSSR count). The molecule has 1 aliphatic rings. The van der Waals surface area contributed by atoms with Crippen LogP contribution in [0.1, 0.15) is 26.7 Å². The first-order chi connectivity index (χ1) is 6.79. The maximum atomic E-state index is 11.3. The molecular weight excluding hydrogens is 200 g/mol.